The first-order valence-corrected chi connectivity index (χ1v) is 12.4. The van der Waals surface area contributed by atoms with Crippen molar-refractivity contribution in [3.05, 3.63) is 52.5 Å². The van der Waals surface area contributed by atoms with E-state index in [4.69, 9.17) is 16.3 Å². The number of phenols is 2. The monoisotopic (exact) mass is 567 g/mol. The molecule has 13 nitrogen and oxygen atoms in total. The number of carbonyl (C=O) groups is 4. The predicted octanol–water partition coefficient (Wildman–Crippen LogP) is 1.13. The molecule has 0 radical (unpaired) electrons. The Bertz CT molecular complexity index is 1400. The minimum atomic E-state index is -3.45. The van der Waals surface area contributed by atoms with E-state index in [9.17, 15) is 42.9 Å². The lowest BCUT2D eigenvalue weighted by Gasteiger charge is -2.45. The number of carbonyl (C=O) groups excluding carboxylic acids is 3. The quantitative estimate of drug-likeness (QED) is 0.0556. The minimum absolute atomic E-state index is 0.00671. The second kappa shape index (κ2) is 11.1. The summed E-state index contributed by atoms with van der Waals surface area (Å²) in [6.07, 6.45) is 0.833. The summed E-state index contributed by atoms with van der Waals surface area (Å²) in [6, 6.07) is 5.02. The summed E-state index contributed by atoms with van der Waals surface area (Å²) in [7, 11) is -3.45. The van der Waals surface area contributed by atoms with Crippen LogP contribution in [-0.2, 0) is 20.3 Å². The summed E-state index contributed by atoms with van der Waals surface area (Å²) in [4.78, 5) is 49.5. The Labute approximate surface area is 222 Å². The molecule has 2 aromatic rings. The second-order valence-corrected chi connectivity index (χ2v) is 10.3. The smallest absolute Gasteiger partial charge is 0.345 e. The molecule has 3 rings (SSSR count). The number of carboxylic acid groups (broad SMARTS) is 1. The van der Waals surface area contributed by atoms with Crippen molar-refractivity contribution < 1.29 is 47.7 Å². The van der Waals surface area contributed by atoms with E-state index >= 15 is 0 Å². The molecule has 1 heterocycles. The molecule has 2 aromatic carbocycles. The number of hydrogen-bond donors (Lipinski definition) is 5. The Balaban J connectivity index is 1.70. The summed E-state index contributed by atoms with van der Waals surface area (Å²) in [6.45, 7) is 2.66. The number of nitrogens with one attached hydrogen (secondary N) is 1. The van der Waals surface area contributed by atoms with Gasteiger partial charge >= 0.3 is 11.9 Å². The van der Waals surface area contributed by atoms with Crippen LogP contribution in [0.25, 0.3) is 0 Å². The number of β-lactam (4-membered cyclic amide) rings is 1. The van der Waals surface area contributed by atoms with Crippen molar-refractivity contribution in [1.29, 1.82) is 0 Å². The highest BCUT2D eigenvalue weighted by molar-refractivity contribution is 7.75. The number of ether oxygens (including phenoxy) is 1. The van der Waals surface area contributed by atoms with E-state index in [0.29, 0.717) is 0 Å². The van der Waals surface area contributed by atoms with Crippen molar-refractivity contribution >= 4 is 52.3 Å². The third kappa shape index (κ3) is 5.55. The molecular weight excluding hydrogens is 546 g/mol. The van der Waals surface area contributed by atoms with Crippen LogP contribution in [0.5, 0.6) is 17.2 Å². The van der Waals surface area contributed by atoms with Gasteiger partial charge in [-0.1, -0.05) is 11.6 Å². The van der Waals surface area contributed by atoms with Crippen LogP contribution in [0, 0.1) is 0 Å². The fourth-order valence-electron chi connectivity index (χ4n) is 3.69. The van der Waals surface area contributed by atoms with E-state index in [0.717, 1.165) is 30.2 Å². The number of thiol groups is 1. The largest absolute Gasteiger partial charge is 0.504 e. The number of phenolic OH excluding ortho intramolecular Hbond substituents is 2. The molecule has 38 heavy (non-hydrogen) atoms. The number of benzene rings is 2. The topological polar surface area (TPSA) is 200 Å². The van der Waals surface area contributed by atoms with Gasteiger partial charge in [0.15, 0.2) is 28.2 Å². The highest BCUT2D eigenvalue weighted by Crippen LogP contribution is 2.36. The van der Waals surface area contributed by atoms with Gasteiger partial charge < -0.3 is 25.0 Å². The number of rotatable bonds is 9. The van der Waals surface area contributed by atoms with Gasteiger partial charge in [-0.3, -0.25) is 9.59 Å². The number of amides is 2. The maximum absolute atomic E-state index is 12.4. The van der Waals surface area contributed by atoms with E-state index in [1.54, 1.807) is 6.92 Å². The number of aliphatic carboxylic acids is 1. The van der Waals surface area contributed by atoms with Crippen LogP contribution in [-0.4, -0.2) is 75.4 Å². The lowest BCUT2D eigenvalue weighted by atomic mass is 9.92. The van der Waals surface area contributed by atoms with Gasteiger partial charge in [0.05, 0.1) is 5.56 Å². The summed E-state index contributed by atoms with van der Waals surface area (Å²) in [5.41, 5.74) is 1.90. The highest BCUT2D eigenvalue weighted by Gasteiger charge is 2.52. The maximum atomic E-state index is 12.4. The fraction of sp³-hybridized carbons (Fsp3) is 0.261. The number of hydrazone groups is 1. The van der Waals surface area contributed by atoms with Crippen LogP contribution in [0.4, 0.5) is 0 Å². The Morgan fingerprint density at radius 2 is 1.84 bits per heavy atom. The van der Waals surface area contributed by atoms with Crippen molar-refractivity contribution in [2.24, 2.45) is 5.10 Å². The molecule has 202 valence electrons. The zero-order valence-corrected chi connectivity index (χ0v) is 21.5. The molecule has 15 heteroatoms. The molecule has 0 aliphatic carbocycles. The molecule has 1 aliphatic heterocycles. The average Bonchev–Trinajstić information content (AvgIpc) is 2.85. The van der Waals surface area contributed by atoms with Crippen LogP contribution >= 0.6 is 11.6 Å². The highest BCUT2D eigenvalue weighted by atomic mass is 35.5. The van der Waals surface area contributed by atoms with Crippen molar-refractivity contribution in [1.82, 2.24) is 10.3 Å². The molecule has 1 fully saturated rings. The third-order valence-corrected chi connectivity index (χ3v) is 7.36. The Morgan fingerprint density at radius 1 is 1.21 bits per heavy atom. The maximum Gasteiger partial charge on any atom is 0.345 e. The Morgan fingerprint density at radius 3 is 2.37 bits per heavy atom. The van der Waals surface area contributed by atoms with Crippen molar-refractivity contribution in [3.8, 4) is 17.2 Å². The van der Waals surface area contributed by atoms with Crippen LogP contribution in [0.2, 0.25) is 5.02 Å². The number of halogens is 1. The Kier molecular flexibility index (Phi) is 8.27. The number of aromatic hydroxyl groups is 2. The van der Waals surface area contributed by atoms with Gasteiger partial charge in [0.1, 0.15) is 15.5 Å². The van der Waals surface area contributed by atoms with E-state index in [2.05, 4.69) is 10.5 Å². The normalized spacial score (nSPS) is 17.5. The van der Waals surface area contributed by atoms with E-state index in [1.165, 1.54) is 24.3 Å². The number of likely N-dealkylation sites (tertiary alicyclic amines) is 1. The predicted molar refractivity (Wildman–Crippen MR) is 133 cm³/mol. The molecule has 0 unspecified atom stereocenters. The molecule has 0 bridgehead atoms. The second-order valence-electron chi connectivity index (χ2n) is 8.49. The standard InChI is InChI=1S/C23H22ClN3O10S/c1-11-9-16(29)27(11)19(21(32)33)23(2,38(35)36)10-25-26-20(31)12-3-5-13(6-4-12)37-22(34)14-7-8-15(28)18(30)17(14)24/h3-8,10-11,19,28,30,38H,9H2,1-2H3,(H,26,31)(H,32,33)/b25-10+/t11-,19+,23+/m1/s1. The summed E-state index contributed by atoms with van der Waals surface area (Å²) >= 11 is 5.84. The summed E-state index contributed by atoms with van der Waals surface area (Å²) < 4.78 is 27.0. The summed E-state index contributed by atoms with van der Waals surface area (Å²) in [5.74, 6) is -5.00. The van der Waals surface area contributed by atoms with Gasteiger partial charge in [-0.2, -0.15) is 5.10 Å². The molecule has 0 aromatic heterocycles. The van der Waals surface area contributed by atoms with Gasteiger partial charge in [0, 0.05) is 24.2 Å². The number of nitrogens with zero attached hydrogens (tertiary/aromatic N) is 2. The Hall–Kier alpha value is -4.17. The molecule has 3 atom stereocenters. The minimum Gasteiger partial charge on any atom is -0.504 e. The number of carboxylic acids is 1. The van der Waals surface area contributed by atoms with Crippen molar-refractivity contribution in [2.45, 2.75) is 37.1 Å². The van der Waals surface area contributed by atoms with Gasteiger partial charge in [-0.25, -0.2) is 23.4 Å². The molecule has 0 saturated carbocycles. The van der Waals surface area contributed by atoms with Crippen LogP contribution < -0.4 is 10.2 Å². The summed E-state index contributed by atoms with van der Waals surface area (Å²) in [5, 5.41) is 31.9. The first kappa shape index (κ1) is 28.4. The van der Waals surface area contributed by atoms with E-state index in [1.807, 2.05) is 0 Å². The van der Waals surface area contributed by atoms with E-state index < -0.39 is 67.8 Å². The zero-order chi connectivity index (χ0) is 28.4. The third-order valence-electron chi connectivity index (χ3n) is 5.83. The number of esters is 1. The van der Waals surface area contributed by atoms with Gasteiger partial charge in [0.2, 0.25) is 5.91 Å². The van der Waals surface area contributed by atoms with Gasteiger partial charge in [-0.15, -0.1) is 0 Å². The van der Waals surface area contributed by atoms with Crippen molar-refractivity contribution in [3.63, 3.8) is 0 Å². The fourth-order valence-corrected chi connectivity index (χ4v) is 4.51. The molecule has 1 saturated heterocycles. The molecular formula is C23H22ClN3O10S. The SMILES string of the molecule is C[C@@H]1CC(=O)N1[C@@H](C(=O)O)[C@](C)(/C=N/NC(=O)c1ccc(OC(=O)c2ccc(O)c(O)c2Cl)cc1)[SH](=O)=O. The lowest BCUT2D eigenvalue weighted by molar-refractivity contribution is -0.161. The molecule has 4 N–H and O–H groups in total. The van der Waals surface area contributed by atoms with E-state index in [-0.39, 0.29) is 23.3 Å². The van der Waals surface area contributed by atoms with Crippen LogP contribution in [0.1, 0.15) is 41.0 Å². The van der Waals surface area contributed by atoms with Crippen molar-refractivity contribution in [2.75, 3.05) is 0 Å². The lowest BCUT2D eigenvalue weighted by Crippen LogP contribution is -2.66. The number of hydrogen-bond acceptors (Lipinski definition) is 10. The first-order chi connectivity index (χ1) is 17.8. The molecule has 1 aliphatic rings. The first-order valence-electron chi connectivity index (χ1n) is 10.8. The average molecular weight is 568 g/mol. The van der Waals surface area contributed by atoms with Gasteiger partial charge in [0.25, 0.3) is 5.91 Å². The van der Waals surface area contributed by atoms with Gasteiger partial charge in [-0.05, 0) is 50.2 Å². The molecule has 0 spiro atoms. The van der Waals surface area contributed by atoms with Crippen LogP contribution in [0.15, 0.2) is 41.5 Å². The van der Waals surface area contributed by atoms with Crippen LogP contribution in [0.3, 0.4) is 0 Å². The zero-order valence-electron chi connectivity index (χ0n) is 19.8. The molecule has 2 amide bonds.